The van der Waals surface area contributed by atoms with Gasteiger partial charge < -0.3 is 4.84 Å². The normalized spacial score (nSPS) is 17.3. The van der Waals surface area contributed by atoms with Gasteiger partial charge >= 0.3 is 5.97 Å². The van der Waals surface area contributed by atoms with E-state index in [1.807, 2.05) is 25.8 Å². The van der Waals surface area contributed by atoms with Crippen LogP contribution in [0.25, 0.3) is 0 Å². The highest BCUT2D eigenvalue weighted by atomic mass is 79.9. The second-order valence-electron chi connectivity index (χ2n) is 7.35. The number of carbonyl (C=O) groups excluding carboxylic acids is 1. The summed E-state index contributed by atoms with van der Waals surface area (Å²) in [5, 5.41) is 2.74. The Labute approximate surface area is 148 Å². The summed E-state index contributed by atoms with van der Waals surface area (Å²) < 4.78 is 0. The Kier molecular flexibility index (Phi) is 6.26. The lowest BCUT2D eigenvalue weighted by Crippen LogP contribution is -2.38. The van der Waals surface area contributed by atoms with Gasteiger partial charge in [-0.05, 0) is 62.6 Å². The Balaban J connectivity index is 1.98. The molecule has 1 aromatic carbocycles. The summed E-state index contributed by atoms with van der Waals surface area (Å²) in [4.78, 5) is 17.5. The maximum absolute atomic E-state index is 12.0. The number of alkyl halides is 1. The lowest BCUT2D eigenvalue weighted by molar-refractivity contribution is -0.204. The van der Waals surface area contributed by atoms with Crippen molar-refractivity contribution in [3.05, 3.63) is 34.9 Å². The second kappa shape index (κ2) is 7.80. The fourth-order valence-electron chi connectivity index (χ4n) is 2.96. The maximum atomic E-state index is 12.0. The molecule has 4 heteroatoms. The summed E-state index contributed by atoms with van der Waals surface area (Å²) in [6, 6.07) is 6.82. The third-order valence-corrected chi connectivity index (χ3v) is 5.11. The number of carbonyl (C=O) groups is 1. The van der Waals surface area contributed by atoms with Crippen molar-refractivity contribution in [1.82, 2.24) is 5.06 Å². The fourth-order valence-corrected chi connectivity index (χ4v) is 3.31. The van der Waals surface area contributed by atoms with Gasteiger partial charge in [0.2, 0.25) is 0 Å². The highest BCUT2D eigenvalue weighted by Crippen LogP contribution is 2.32. The molecule has 23 heavy (non-hydrogen) atoms. The van der Waals surface area contributed by atoms with E-state index in [0.29, 0.717) is 5.92 Å². The second-order valence-corrected chi connectivity index (χ2v) is 7.91. The van der Waals surface area contributed by atoms with Crippen molar-refractivity contribution in [2.75, 3.05) is 13.1 Å². The summed E-state index contributed by atoms with van der Waals surface area (Å²) in [5.74, 6) is 0.422. The van der Waals surface area contributed by atoms with E-state index in [1.54, 1.807) is 0 Å². The highest BCUT2D eigenvalue weighted by Gasteiger charge is 2.29. The van der Waals surface area contributed by atoms with E-state index in [9.17, 15) is 4.79 Å². The molecule has 1 fully saturated rings. The van der Waals surface area contributed by atoms with Crippen molar-refractivity contribution in [3.63, 3.8) is 0 Å². The van der Waals surface area contributed by atoms with Crippen LogP contribution in [0.5, 0.6) is 0 Å². The van der Waals surface area contributed by atoms with Crippen molar-refractivity contribution in [2.24, 2.45) is 5.41 Å². The van der Waals surface area contributed by atoms with Crippen molar-refractivity contribution < 1.29 is 9.63 Å². The molecule has 0 spiro atoms. The van der Waals surface area contributed by atoms with Gasteiger partial charge in [-0.15, -0.1) is 5.06 Å². The number of rotatable bonds is 4. The quantitative estimate of drug-likeness (QED) is 0.699. The first-order valence-corrected chi connectivity index (χ1v) is 9.62. The van der Waals surface area contributed by atoms with Gasteiger partial charge in [-0.2, -0.15) is 0 Å². The third-order valence-electron chi connectivity index (χ3n) is 4.46. The number of hydrogen-bond donors (Lipinski definition) is 0. The molecule has 0 N–H and O–H groups in total. The van der Waals surface area contributed by atoms with Crippen molar-refractivity contribution in [2.45, 2.75) is 58.2 Å². The first-order valence-electron chi connectivity index (χ1n) is 8.50. The largest absolute Gasteiger partial charge is 0.367 e. The first kappa shape index (κ1) is 18.5. The van der Waals surface area contributed by atoms with E-state index in [-0.39, 0.29) is 5.97 Å². The summed E-state index contributed by atoms with van der Waals surface area (Å²) in [6.07, 6.45) is 3.14. The van der Waals surface area contributed by atoms with Crippen LogP contribution in [0.2, 0.25) is 0 Å². The number of hydrogen-bond acceptors (Lipinski definition) is 3. The zero-order valence-corrected chi connectivity index (χ0v) is 16.3. The molecule has 1 saturated heterocycles. The van der Waals surface area contributed by atoms with E-state index >= 15 is 0 Å². The van der Waals surface area contributed by atoms with Crippen molar-refractivity contribution in [1.29, 1.82) is 0 Å². The summed E-state index contributed by atoms with van der Waals surface area (Å²) in [6.45, 7) is 9.52. The molecular formula is C19H28BrNO2. The minimum Gasteiger partial charge on any atom is -0.367 e. The number of nitrogens with zero attached hydrogens (tertiary/aromatic N) is 1. The molecule has 0 bridgehead atoms. The van der Waals surface area contributed by atoms with Gasteiger partial charge in [0.25, 0.3) is 0 Å². The van der Waals surface area contributed by atoms with Crippen LogP contribution in [0.1, 0.15) is 63.1 Å². The number of aryl methyl sites for hydroxylation is 1. The summed E-state index contributed by atoms with van der Waals surface area (Å²) in [5.41, 5.74) is 3.81. The molecule has 128 valence electrons. The lowest BCUT2D eigenvalue weighted by Gasteiger charge is -2.33. The van der Waals surface area contributed by atoms with E-state index in [2.05, 4.69) is 41.1 Å². The molecule has 2 rings (SSSR count). The highest BCUT2D eigenvalue weighted by molar-refractivity contribution is 9.08. The molecule has 3 nitrogen and oxygen atoms in total. The Bertz CT molecular complexity index is 543. The van der Waals surface area contributed by atoms with E-state index < -0.39 is 5.41 Å². The molecule has 1 heterocycles. The Hall–Kier alpha value is -0.870. The Morgan fingerprint density at radius 2 is 1.96 bits per heavy atom. The van der Waals surface area contributed by atoms with Gasteiger partial charge in [0, 0.05) is 18.4 Å². The zero-order chi connectivity index (χ0) is 17.0. The van der Waals surface area contributed by atoms with Crippen LogP contribution in [0.4, 0.5) is 0 Å². The molecular weight excluding hydrogens is 354 g/mol. The topological polar surface area (TPSA) is 29.5 Å². The Morgan fingerprint density at radius 3 is 2.48 bits per heavy atom. The van der Waals surface area contributed by atoms with Crippen LogP contribution in [0.15, 0.2) is 18.2 Å². The van der Waals surface area contributed by atoms with Gasteiger partial charge in [0.1, 0.15) is 0 Å². The predicted molar refractivity (Wildman–Crippen MR) is 97.5 cm³/mol. The number of halogens is 1. The minimum atomic E-state index is -0.447. The van der Waals surface area contributed by atoms with E-state index in [4.69, 9.17) is 4.84 Å². The predicted octanol–water partition coefficient (Wildman–Crippen LogP) is 4.83. The lowest BCUT2D eigenvalue weighted by atomic mass is 9.85. The summed E-state index contributed by atoms with van der Waals surface area (Å²) >= 11 is 3.53. The number of hydroxylamine groups is 2. The molecule has 0 radical (unpaired) electrons. The fraction of sp³-hybridized carbons (Fsp3) is 0.632. The monoisotopic (exact) mass is 381 g/mol. The standard InChI is InChI=1S/C19H28BrNO2/c1-5-15-12-14(13-20)6-7-17(15)16-8-10-21(11-9-16)23-18(22)19(2,3)4/h6-7,12,16H,5,8-11,13H2,1-4H3. The van der Waals surface area contributed by atoms with Crippen molar-refractivity contribution >= 4 is 21.9 Å². The van der Waals surface area contributed by atoms with Gasteiger partial charge in [-0.3, -0.25) is 0 Å². The van der Waals surface area contributed by atoms with Gasteiger partial charge in [0.15, 0.2) is 0 Å². The van der Waals surface area contributed by atoms with Crippen LogP contribution in [-0.4, -0.2) is 24.1 Å². The van der Waals surface area contributed by atoms with Crippen molar-refractivity contribution in [3.8, 4) is 0 Å². The van der Waals surface area contributed by atoms with Crippen LogP contribution in [0.3, 0.4) is 0 Å². The zero-order valence-electron chi connectivity index (χ0n) is 14.7. The average Bonchev–Trinajstić information content (AvgIpc) is 2.54. The molecule has 1 aliphatic rings. The molecule has 0 amide bonds. The van der Waals surface area contributed by atoms with Crippen LogP contribution >= 0.6 is 15.9 Å². The minimum absolute atomic E-state index is 0.146. The Morgan fingerprint density at radius 1 is 1.30 bits per heavy atom. The maximum Gasteiger partial charge on any atom is 0.330 e. The molecule has 0 saturated carbocycles. The van der Waals surface area contributed by atoms with Gasteiger partial charge in [0.05, 0.1) is 5.41 Å². The molecule has 1 aromatic rings. The molecule has 0 unspecified atom stereocenters. The van der Waals surface area contributed by atoms with Crippen LogP contribution in [-0.2, 0) is 21.4 Å². The van der Waals surface area contributed by atoms with Gasteiger partial charge in [-0.25, -0.2) is 4.79 Å². The average molecular weight is 382 g/mol. The molecule has 0 aromatic heterocycles. The van der Waals surface area contributed by atoms with Crippen LogP contribution < -0.4 is 0 Å². The third kappa shape index (κ3) is 4.80. The summed E-state index contributed by atoms with van der Waals surface area (Å²) in [7, 11) is 0. The van der Waals surface area contributed by atoms with Crippen LogP contribution in [0, 0.1) is 5.41 Å². The van der Waals surface area contributed by atoms with E-state index in [0.717, 1.165) is 37.7 Å². The first-order chi connectivity index (χ1) is 10.8. The van der Waals surface area contributed by atoms with E-state index in [1.165, 1.54) is 16.7 Å². The molecule has 1 aliphatic heterocycles. The molecule has 0 atom stereocenters. The van der Waals surface area contributed by atoms with Gasteiger partial charge in [-0.1, -0.05) is 41.1 Å². The number of piperidine rings is 1. The smallest absolute Gasteiger partial charge is 0.330 e. The SMILES string of the molecule is CCc1cc(CBr)ccc1C1CCN(OC(=O)C(C)(C)C)CC1. The number of benzene rings is 1. The molecule has 0 aliphatic carbocycles.